The summed E-state index contributed by atoms with van der Waals surface area (Å²) in [5.74, 6) is -0.603. The van der Waals surface area contributed by atoms with Gasteiger partial charge < -0.3 is 10.1 Å². The molecule has 0 unspecified atom stereocenters. The van der Waals surface area contributed by atoms with Crippen LogP contribution in [0.2, 0.25) is 0 Å². The first-order valence-corrected chi connectivity index (χ1v) is 5.07. The zero-order valence-electron chi connectivity index (χ0n) is 10.2. The number of nitrogens with zero attached hydrogens (tertiary/aromatic N) is 1. The molecule has 1 rings (SSSR count). The molecular formula is C10H18N2O4. The van der Waals surface area contributed by atoms with E-state index >= 15 is 0 Å². The maximum atomic E-state index is 11.4. The number of ether oxygens (including phenoxy) is 1. The molecule has 0 bridgehead atoms. The summed E-state index contributed by atoms with van der Waals surface area (Å²) in [4.78, 5) is 22.7. The average molecular weight is 230 g/mol. The number of hydroxylamine groups is 2. The van der Waals surface area contributed by atoms with Crippen molar-refractivity contribution in [1.29, 1.82) is 0 Å². The fourth-order valence-electron chi connectivity index (χ4n) is 1.38. The van der Waals surface area contributed by atoms with Crippen molar-refractivity contribution in [2.45, 2.75) is 51.8 Å². The molecule has 0 saturated carbocycles. The molecule has 1 saturated heterocycles. The smallest absolute Gasteiger partial charge is 0.408 e. The predicted molar refractivity (Wildman–Crippen MR) is 55.9 cm³/mol. The number of hydrogen-bond donors (Lipinski definition) is 2. The minimum Gasteiger partial charge on any atom is -0.433 e. The van der Waals surface area contributed by atoms with Crippen molar-refractivity contribution in [1.82, 2.24) is 10.4 Å². The topological polar surface area (TPSA) is 78.9 Å². The zero-order valence-corrected chi connectivity index (χ0v) is 10.2. The summed E-state index contributed by atoms with van der Waals surface area (Å²) in [6.07, 6.45) is -1.59. The SMILES string of the molecule is CC(C)(C)NC(=O)O[C@@H]1C(=O)N(O)C1(C)C. The van der Waals surface area contributed by atoms with E-state index in [-0.39, 0.29) is 0 Å². The lowest BCUT2D eigenvalue weighted by Gasteiger charge is -2.48. The van der Waals surface area contributed by atoms with Gasteiger partial charge in [0.1, 0.15) is 5.54 Å². The Labute approximate surface area is 94.5 Å². The van der Waals surface area contributed by atoms with E-state index in [0.717, 1.165) is 0 Å². The molecule has 0 aliphatic carbocycles. The maximum absolute atomic E-state index is 11.4. The first-order chi connectivity index (χ1) is 7.05. The molecule has 6 heteroatoms. The van der Waals surface area contributed by atoms with Gasteiger partial charge in [-0.05, 0) is 34.6 Å². The molecular weight excluding hydrogens is 212 g/mol. The zero-order chi connectivity index (χ0) is 12.7. The molecule has 0 spiro atoms. The van der Waals surface area contributed by atoms with Crippen molar-refractivity contribution >= 4 is 12.0 Å². The normalized spacial score (nSPS) is 23.8. The van der Waals surface area contributed by atoms with Gasteiger partial charge in [-0.3, -0.25) is 10.0 Å². The third-order valence-corrected chi connectivity index (χ3v) is 2.32. The second kappa shape index (κ2) is 3.62. The number of nitrogens with one attached hydrogen (secondary N) is 1. The molecule has 92 valence electrons. The van der Waals surface area contributed by atoms with Gasteiger partial charge in [0.25, 0.3) is 5.91 Å². The lowest BCUT2D eigenvalue weighted by Crippen LogP contribution is -2.71. The van der Waals surface area contributed by atoms with Gasteiger partial charge >= 0.3 is 6.09 Å². The van der Waals surface area contributed by atoms with Crippen LogP contribution in [0.15, 0.2) is 0 Å². The number of carbonyl (C=O) groups excluding carboxylic acids is 2. The lowest BCUT2D eigenvalue weighted by molar-refractivity contribution is -0.254. The van der Waals surface area contributed by atoms with Crippen LogP contribution >= 0.6 is 0 Å². The minimum atomic E-state index is -0.931. The van der Waals surface area contributed by atoms with Crippen LogP contribution in [0.5, 0.6) is 0 Å². The third-order valence-electron chi connectivity index (χ3n) is 2.32. The van der Waals surface area contributed by atoms with Gasteiger partial charge in [0.2, 0.25) is 6.10 Å². The number of β-lactam (4-membered cyclic amide) rings is 1. The fraction of sp³-hybridized carbons (Fsp3) is 0.800. The van der Waals surface area contributed by atoms with Crippen molar-refractivity contribution < 1.29 is 19.5 Å². The summed E-state index contributed by atoms with van der Waals surface area (Å²) in [5.41, 5.74) is -1.29. The van der Waals surface area contributed by atoms with Crippen molar-refractivity contribution in [3.63, 3.8) is 0 Å². The van der Waals surface area contributed by atoms with E-state index in [4.69, 9.17) is 4.74 Å². The van der Waals surface area contributed by atoms with Crippen molar-refractivity contribution in [2.24, 2.45) is 0 Å². The molecule has 0 aromatic heterocycles. The summed E-state index contributed by atoms with van der Waals surface area (Å²) in [6, 6.07) is 0. The van der Waals surface area contributed by atoms with Crippen LogP contribution in [0, 0.1) is 0 Å². The summed E-state index contributed by atoms with van der Waals surface area (Å²) in [7, 11) is 0. The highest BCUT2D eigenvalue weighted by atomic mass is 16.6. The Morgan fingerprint density at radius 3 is 2.38 bits per heavy atom. The molecule has 16 heavy (non-hydrogen) atoms. The van der Waals surface area contributed by atoms with E-state index in [9.17, 15) is 14.8 Å². The maximum Gasteiger partial charge on any atom is 0.408 e. The van der Waals surface area contributed by atoms with E-state index in [1.54, 1.807) is 34.6 Å². The molecule has 1 aliphatic rings. The molecule has 2 amide bonds. The lowest BCUT2D eigenvalue weighted by atomic mass is 9.87. The molecule has 2 N–H and O–H groups in total. The van der Waals surface area contributed by atoms with Crippen LogP contribution in [0.3, 0.4) is 0 Å². The van der Waals surface area contributed by atoms with Gasteiger partial charge in [-0.1, -0.05) is 0 Å². The van der Waals surface area contributed by atoms with Gasteiger partial charge in [0.05, 0.1) is 0 Å². The molecule has 6 nitrogen and oxygen atoms in total. The summed E-state index contributed by atoms with van der Waals surface area (Å²) in [5, 5.41) is 12.4. The quantitative estimate of drug-likeness (QED) is 0.518. The first kappa shape index (κ1) is 12.8. The molecule has 1 heterocycles. The summed E-state index contributed by atoms with van der Waals surface area (Å²) < 4.78 is 4.96. The highest BCUT2D eigenvalue weighted by Crippen LogP contribution is 2.31. The highest BCUT2D eigenvalue weighted by molar-refractivity contribution is 5.90. The molecule has 1 aliphatic heterocycles. The van der Waals surface area contributed by atoms with E-state index in [2.05, 4.69) is 5.32 Å². The monoisotopic (exact) mass is 230 g/mol. The molecule has 0 aromatic rings. The fourth-order valence-corrected chi connectivity index (χ4v) is 1.38. The number of rotatable bonds is 1. The Morgan fingerprint density at radius 1 is 1.50 bits per heavy atom. The molecule has 0 radical (unpaired) electrons. The largest absolute Gasteiger partial charge is 0.433 e. The van der Waals surface area contributed by atoms with Crippen LogP contribution < -0.4 is 5.32 Å². The average Bonchev–Trinajstić information content (AvgIpc) is 2.09. The van der Waals surface area contributed by atoms with Crippen LogP contribution in [-0.4, -0.2) is 39.5 Å². The van der Waals surface area contributed by atoms with E-state index in [0.29, 0.717) is 5.06 Å². The second-order valence-electron chi connectivity index (χ2n) is 5.46. The Kier molecular flexibility index (Phi) is 2.89. The first-order valence-electron chi connectivity index (χ1n) is 5.07. The number of hydrogen-bond acceptors (Lipinski definition) is 4. The van der Waals surface area contributed by atoms with Gasteiger partial charge in [-0.2, -0.15) is 0 Å². The Balaban J connectivity index is 2.57. The van der Waals surface area contributed by atoms with Gasteiger partial charge in [-0.15, -0.1) is 0 Å². The summed E-state index contributed by atoms with van der Waals surface area (Å²) in [6.45, 7) is 8.65. The van der Waals surface area contributed by atoms with Gasteiger partial charge in [-0.25, -0.2) is 9.86 Å². The van der Waals surface area contributed by atoms with E-state index < -0.39 is 29.2 Å². The number of carbonyl (C=O) groups is 2. The van der Waals surface area contributed by atoms with Crippen molar-refractivity contribution in [3.8, 4) is 0 Å². The highest BCUT2D eigenvalue weighted by Gasteiger charge is 2.57. The van der Waals surface area contributed by atoms with Crippen LogP contribution in [0.1, 0.15) is 34.6 Å². The van der Waals surface area contributed by atoms with E-state index in [1.807, 2.05) is 0 Å². The number of alkyl carbamates (subject to hydrolysis) is 1. The second-order valence-corrected chi connectivity index (χ2v) is 5.46. The molecule has 0 aromatic carbocycles. The van der Waals surface area contributed by atoms with Crippen LogP contribution in [-0.2, 0) is 9.53 Å². The van der Waals surface area contributed by atoms with Crippen LogP contribution in [0.25, 0.3) is 0 Å². The van der Waals surface area contributed by atoms with Gasteiger partial charge in [0, 0.05) is 5.54 Å². The Bertz CT molecular complexity index is 319. The Morgan fingerprint density at radius 2 is 2.00 bits per heavy atom. The van der Waals surface area contributed by atoms with E-state index in [1.165, 1.54) is 0 Å². The van der Waals surface area contributed by atoms with Crippen molar-refractivity contribution in [2.75, 3.05) is 0 Å². The van der Waals surface area contributed by atoms with Crippen molar-refractivity contribution in [3.05, 3.63) is 0 Å². The third kappa shape index (κ3) is 2.27. The summed E-state index contributed by atoms with van der Waals surface area (Å²) >= 11 is 0. The van der Waals surface area contributed by atoms with Gasteiger partial charge in [0.15, 0.2) is 0 Å². The standard InChI is InChI=1S/C10H18N2O4/c1-9(2,3)11-8(14)16-6-7(13)12(15)10(6,4)5/h6,15H,1-5H3,(H,11,14)/t6-/m1/s1. The van der Waals surface area contributed by atoms with Crippen LogP contribution in [0.4, 0.5) is 4.79 Å². The predicted octanol–water partition coefficient (Wildman–Crippen LogP) is 0.890. The molecule has 1 fully saturated rings. The minimum absolute atomic E-state index is 0.424. The molecule has 1 atom stereocenters. The number of amides is 2. The Hall–Kier alpha value is -1.30.